The molecule has 1 saturated heterocycles. The van der Waals surface area contributed by atoms with Gasteiger partial charge in [0.25, 0.3) is 0 Å². The second-order valence-electron chi connectivity index (χ2n) is 6.58. The molecule has 1 aromatic carbocycles. The normalized spacial score (nSPS) is 21.6. The van der Waals surface area contributed by atoms with Crippen molar-refractivity contribution in [3.8, 4) is 5.75 Å². The number of aryl methyl sites for hydroxylation is 1. The summed E-state index contributed by atoms with van der Waals surface area (Å²) in [4.78, 5) is 2.40. The van der Waals surface area contributed by atoms with E-state index in [0.29, 0.717) is 25.4 Å². The van der Waals surface area contributed by atoms with Gasteiger partial charge < -0.3 is 14.2 Å². The molecule has 24 heavy (non-hydrogen) atoms. The zero-order chi connectivity index (χ0) is 17.4. The van der Waals surface area contributed by atoms with E-state index in [1.807, 2.05) is 12.1 Å². The molecule has 0 radical (unpaired) electrons. The van der Waals surface area contributed by atoms with Gasteiger partial charge in [-0.05, 0) is 38.8 Å². The smallest absolute Gasteiger partial charge is 0.122 e. The van der Waals surface area contributed by atoms with Crippen LogP contribution < -0.4 is 4.74 Å². The Hall–Kier alpha value is -1.36. The van der Waals surface area contributed by atoms with Gasteiger partial charge in [0.2, 0.25) is 0 Å². The molecule has 134 valence electrons. The van der Waals surface area contributed by atoms with E-state index in [0.717, 1.165) is 38.4 Å². The van der Waals surface area contributed by atoms with E-state index in [9.17, 15) is 0 Å². The number of morpholine rings is 1. The maximum absolute atomic E-state index is 5.86. The summed E-state index contributed by atoms with van der Waals surface area (Å²) < 4.78 is 17.3. The van der Waals surface area contributed by atoms with Crippen molar-refractivity contribution in [3.05, 3.63) is 42.0 Å². The highest BCUT2D eigenvalue weighted by molar-refractivity contribution is 5.38. The molecule has 0 spiro atoms. The molecular weight excluding hydrogens is 302 g/mol. The first-order chi connectivity index (χ1) is 11.6. The van der Waals surface area contributed by atoms with Gasteiger partial charge in [0.15, 0.2) is 0 Å². The molecule has 2 rings (SSSR count). The summed E-state index contributed by atoms with van der Waals surface area (Å²) >= 11 is 0. The van der Waals surface area contributed by atoms with Gasteiger partial charge in [-0.3, -0.25) is 4.90 Å². The summed E-state index contributed by atoms with van der Waals surface area (Å²) in [6, 6.07) is 6.26. The maximum atomic E-state index is 5.86. The van der Waals surface area contributed by atoms with E-state index in [2.05, 4.69) is 44.4 Å². The molecule has 1 aliphatic rings. The maximum Gasteiger partial charge on any atom is 0.122 e. The zero-order valence-electron chi connectivity index (χ0n) is 15.3. The fraction of sp³-hybridized carbons (Fsp3) is 0.600. The predicted molar refractivity (Wildman–Crippen MR) is 97.8 cm³/mol. The Balaban J connectivity index is 1.64. The van der Waals surface area contributed by atoms with Crippen molar-refractivity contribution in [2.24, 2.45) is 0 Å². The van der Waals surface area contributed by atoms with E-state index < -0.39 is 0 Å². The topological polar surface area (TPSA) is 30.9 Å². The summed E-state index contributed by atoms with van der Waals surface area (Å²) in [5.74, 6) is 0.930. The Bertz CT molecular complexity index is 508. The second kappa shape index (κ2) is 9.82. The molecule has 2 unspecified atom stereocenters. The second-order valence-corrected chi connectivity index (χ2v) is 6.58. The van der Waals surface area contributed by atoms with Crippen LogP contribution in [0.15, 0.2) is 30.9 Å². The van der Waals surface area contributed by atoms with E-state index in [1.165, 1.54) is 11.1 Å². The zero-order valence-corrected chi connectivity index (χ0v) is 15.3. The standard InChI is InChI=1S/C20H31NO3/c1-5-6-19-13-16(2)7-8-20(19)23-12-11-22-10-9-21-14-17(3)24-18(4)15-21/h5,7-8,13,17-18H,1,6,9-12,14-15H2,2-4H3. The summed E-state index contributed by atoms with van der Waals surface area (Å²) in [5.41, 5.74) is 2.42. The Morgan fingerprint density at radius 1 is 1.21 bits per heavy atom. The van der Waals surface area contributed by atoms with Crippen LogP contribution in [-0.2, 0) is 15.9 Å². The summed E-state index contributed by atoms with van der Waals surface area (Å²) in [7, 11) is 0. The molecule has 0 aliphatic carbocycles. The Kier molecular flexibility index (Phi) is 7.76. The molecule has 2 atom stereocenters. The van der Waals surface area contributed by atoms with Gasteiger partial charge >= 0.3 is 0 Å². The van der Waals surface area contributed by atoms with Crippen LogP contribution in [0.2, 0.25) is 0 Å². The first-order valence-corrected chi connectivity index (χ1v) is 8.87. The SMILES string of the molecule is C=CCc1cc(C)ccc1OCCOCCN1CC(C)OC(C)C1. The quantitative estimate of drug-likeness (QED) is 0.513. The van der Waals surface area contributed by atoms with Crippen molar-refractivity contribution in [2.75, 3.05) is 39.5 Å². The average molecular weight is 333 g/mol. The lowest BCUT2D eigenvalue weighted by Gasteiger charge is -2.35. The number of nitrogens with zero attached hydrogens (tertiary/aromatic N) is 1. The van der Waals surface area contributed by atoms with E-state index in [4.69, 9.17) is 14.2 Å². The minimum Gasteiger partial charge on any atom is -0.491 e. The highest BCUT2D eigenvalue weighted by Gasteiger charge is 2.21. The van der Waals surface area contributed by atoms with Crippen LogP contribution in [0.1, 0.15) is 25.0 Å². The van der Waals surface area contributed by atoms with Crippen molar-refractivity contribution in [1.29, 1.82) is 0 Å². The molecule has 4 heteroatoms. The first-order valence-electron chi connectivity index (χ1n) is 8.87. The summed E-state index contributed by atoms with van der Waals surface area (Å²) in [5, 5.41) is 0. The number of rotatable bonds is 9. The van der Waals surface area contributed by atoms with Crippen LogP contribution >= 0.6 is 0 Å². The fourth-order valence-electron chi connectivity index (χ4n) is 3.14. The van der Waals surface area contributed by atoms with Gasteiger partial charge in [-0.1, -0.05) is 23.8 Å². The fourth-order valence-corrected chi connectivity index (χ4v) is 3.14. The van der Waals surface area contributed by atoms with E-state index in [1.54, 1.807) is 0 Å². The molecule has 0 aromatic heterocycles. The summed E-state index contributed by atoms with van der Waals surface area (Å²) in [6.07, 6.45) is 3.34. The molecule has 1 heterocycles. The Labute approximate surface area is 146 Å². The first kappa shape index (κ1) is 19.0. The molecule has 0 saturated carbocycles. The average Bonchev–Trinajstić information content (AvgIpc) is 2.52. The van der Waals surface area contributed by atoms with Crippen LogP contribution in [0.3, 0.4) is 0 Å². The monoisotopic (exact) mass is 333 g/mol. The van der Waals surface area contributed by atoms with Crippen molar-refractivity contribution < 1.29 is 14.2 Å². The molecule has 0 N–H and O–H groups in total. The van der Waals surface area contributed by atoms with Crippen molar-refractivity contribution >= 4 is 0 Å². The van der Waals surface area contributed by atoms with Crippen molar-refractivity contribution in [2.45, 2.75) is 39.4 Å². The molecular formula is C20H31NO3. The highest BCUT2D eigenvalue weighted by atomic mass is 16.5. The van der Waals surface area contributed by atoms with Crippen molar-refractivity contribution in [1.82, 2.24) is 4.90 Å². The number of benzene rings is 1. The lowest BCUT2D eigenvalue weighted by Crippen LogP contribution is -2.46. The van der Waals surface area contributed by atoms with Gasteiger partial charge in [-0.2, -0.15) is 0 Å². The number of hydrogen-bond donors (Lipinski definition) is 0. The van der Waals surface area contributed by atoms with Crippen LogP contribution in [-0.4, -0.2) is 56.6 Å². The summed E-state index contributed by atoms with van der Waals surface area (Å²) in [6.45, 7) is 15.0. The predicted octanol–water partition coefficient (Wildman–Crippen LogP) is 3.23. The number of ether oxygens (including phenoxy) is 3. The van der Waals surface area contributed by atoms with Crippen LogP contribution in [0.25, 0.3) is 0 Å². The van der Waals surface area contributed by atoms with Gasteiger partial charge in [0.1, 0.15) is 12.4 Å². The molecule has 1 fully saturated rings. The molecule has 1 aromatic rings. The van der Waals surface area contributed by atoms with E-state index in [-0.39, 0.29) is 0 Å². The van der Waals surface area contributed by atoms with Crippen LogP contribution in [0.5, 0.6) is 5.75 Å². The van der Waals surface area contributed by atoms with E-state index >= 15 is 0 Å². The molecule has 0 amide bonds. The van der Waals surface area contributed by atoms with Crippen LogP contribution in [0.4, 0.5) is 0 Å². The number of hydrogen-bond acceptors (Lipinski definition) is 4. The molecule has 4 nitrogen and oxygen atoms in total. The third-order valence-electron chi connectivity index (χ3n) is 4.11. The van der Waals surface area contributed by atoms with Gasteiger partial charge in [-0.15, -0.1) is 6.58 Å². The van der Waals surface area contributed by atoms with Gasteiger partial charge in [-0.25, -0.2) is 0 Å². The van der Waals surface area contributed by atoms with Gasteiger partial charge in [0.05, 0.1) is 25.4 Å². The third-order valence-corrected chi connectivity index (χ3v) is 4.11. The molecule has 0 bridgehead atoms. The lowest BCUT2D eigenvalue weighted by atomic mass is 10.1. The lowest BCUT2D eigenvalue weighted by molar-refractivity contribution is -0.0734. The Morgan fingerprint density at radius 2 is 1.96 bits per heavy atom. The largest absolute Gasteiger partial charge is 0.491 e. The minimum absolute atomic E-state index is 0.307. The highest BCUT2D eigenvalue weighted by Crippen LogP contribution is 2.20. The third kappa shape index (κ3) is 6.27. The minimum atomic E-state index is 0.307. The molecule has 1 aliphatic heterocycles. The van der Waals surface area contributed by atoms with Crippen molar-refractivity contribution in [3.63, 3.8) is 0 Å². The number of allylic oxidation sites excluding steroid dienone is 1. The van der Waals surface area contributed by atoms with Gasteiger partial charge in [0, 0.05) is 19.6 Å². The Morgan fingerprint density at radius 3 is 2.67 bits per heavy atom. The van der Waals surface area contributed by atoms with Crippen LogP contribution in [0, 0.1) is 6.92 Å².